The van der Waals surface area contributed by atoms with Crippen LogP contribution in [0.15, 0.2) is 28.1 Å². The van der Waals surface area contributed by atoms with Gasteiger partial charge in [-0.1, -0.05) is 29.3 Å². The Hall–Kier alpha value is -0.130. The second kappa shape index (κ2) is 5.24. The van der Waals surface area contributed by atoms with E-state index in [1.54, 1.807) is 12.1 Å². The van der Waals surface area contributed by atoms with E-state index in [4.69, 9.17) is 28.9 Å². The second-order valence-electron chi connectivity index (χ2n) is 3.42. The zero-order valence-corrected chi connectivity index (χ0v) is 12.3. The van der Waals surface area contributed by atoms with Gasteiger partial charge in [-0.05, 0) is 39.7 Å². The minimum Gasteiger partial charge on any atom is -0.320 e. The van der Waals surface area contributed by atoms with Crippen molar-refractivity contribution in [3.63, 3.8) is 0 Å². The molecule has 90 valence electrons. The van der Waals surface area contributed by atoms with Crippen LogP contribution in [0.1, 0.15) is 16.5 Å². The van der Waals surface area contributed by atoms with Crippen LogP contribution < -0.4 is 5.73 Å². The van der Waals surface area contributed by atoms with Gasteiger partial charge in [0.1, 0.15) is 5.82 Å². The third kappa shape index (κ3) is 2.83. The number of hydrogen-bond acceptors (Lipinski definition) is 2. The van der Waals surface area contributed by atoms with Crippen LogP contribution in [0.3, 0.4) is 0 Å². The molecular weight excluding hydrogens is 348 g/mol. The van der Waals surface area contributed by atoms with E-state index >= 15 is 0 Å². The fourth-order valence-corrected chi connectivity index (χ4v) is 3.28. The Morgan fingerprint density at radius 3 is 2.47 bits per heavy atom. The van der Waals surface area contributed by atoms with E-state index in [0.29, 0.717) is 10.6 Å². The third-order valence-corrected chi connectivity index (χ3v) is 5.14. The predicted octanol–water partition coefficient (Wildman–Crippen LogP) is 5.00. The molecule has 1 unspecified atom stereocenters. The Morgan fingerprint density at radius 1 is 1.24 bits per heavy atom. The van der Waals surface area contributed by atoms with Crippen LogP contribution in [0, 0.1) is 5.82 Å². The van der Waals surface area contributed by atoms with Crippen LogP contribution in [0.4, 0.5) is 4.39 Å². The van der Waals surface area contributed by atoms with Crippen molar-refractivity contribution in [2.45, 2.75) is 6.04 Å². The lowest BCUT2D eigenvalue weighted by Crippen LogP contribution is -2.10. The lowest BCUT2D eigenvalue weighted by Gasteiger charge is -2.10. The summed E-state index contributed by atoms with van der Waals surface area (Å²) in [5, 5.41) is 0.696. The Kier molecular flexibility index (Phi) is 4.10. The molecule has 0 aliphatic carbocycles. The molecule has 2 aromatic rings. The van der Waals surface area contributed by atoms with Gasteiger partial charge in [0, 0.05) is 4.88 Å². The molecule has 1 heterocycles. The molecule has 2 rings (SSSR count). The second-order valence-corrected chi connectivity index (χ2v) is 6.64. The Labute approximate surface area is 120 Å². The van der Waals surface area contributed by atoms with Gasteiger partial charge in [0.15, 0.2) is 0 Å². The molecule has 0 aliphatic heterocycles. The number of rotatable bonds is 2. The van der Waals surface area contributed by atoms with Crippen LogP contribution in [-0.4, -0.2) is 0 Å². The maximum atomic E-state index is 13.3. The monoisotopic (exact) mass is 353 g/mol. The minimum atomic E-state index is -0.471. The van der Waals surface area contributed by atoms with Gasteiger partial charge in [-0.2, -0.15) is 0 Å². The van der Waals surface area contributed by atoms with Gasteiger partial charge in [-0.15, -0.1) is 11.3 Å². The van der Waals surface area contributed by atoms with Crippen LogP contribution in [0.5, 0.6) is 0 Å². The molecule has 0 bridgehead atoms. The van der Waals surface area contributed by atoms with Crippen LogP contribution in [0.25, 0.3) is 0 Å². The first-order chi connectivity index (χ1) is 7.99. The maximum Gasteiger partial charge on any atom is 0.142 e. The summed E-state index contributed by atoms with van der Waals surface area (Å²) in [5.41, 5.74) is 6.70. The topological polar surface area (TPSA) is 26.0 Å². The number of nitrogens with two attached hydrogens (primary N) is 1. The van der Waals surface area contributed by atoms with Crippen molar-refractivity contribution in [3.8, 4) is 0 Å². The zero-order valence-electron chi connectivity index (χ0n) is 8.38. The van der Waals surface area contributed by atoms with Crippen molar-refractivity contribution < 1.29 is 4.39 Å². The molecule has 1 aromatic heterocycles. The Balaban J connectivity index is 2.36. The molecule has 1 atom stereocenters. The lowest BCUT2D eigenvalue weighted by molar-refractivity contribution is 0.624. The van der Waals surface area contributed by atoms with Gasteiger partial charge >= 0.3 is 0 Å². The third-order valence-electron chi connectivity index (χ3n) is 2.27. The van der Waals surface area contributed by atoms with Crippen molar-refractivity contribution in [1.82, 2.24) is 0 Å². The van der Waals surface area contributed by atoms with Crippen LogP contribution in [0.2, 0.25) is 10.0 Å². The number of halogens is 4. The standard InChI is InChI=1S/C11H7BrCl2FNS/c12-11-7(14)4-9(17-11)10(16)5-1-2-6(13)8(15)3-5/h1-4,10H,16H2. The van der Waals surface area contributed by atoms with Crippen LogP contribution >= 0.6 is 50.5 Å². The fraction of sp³-hybridized carbons (Fsp3) is 0.0909. The largest absolute Gasteiger partial charge is 0.320 e. The van der Waals surface area contributed by atoms with Crippen molar-refractivity contribution in [1.29, 1.82) is 0 Å². The highest BCUT2D eigenvalue weighted by Gasteiger charge is 2.15. The Morgan fingerprint density at radius 2 is 1.94 bits per heavy atom. The maximum absolute atomic E-state index is 13.3. The van der Waals surface area contributed by atoms with Crippen molar-refractivity contribution in [3.05, 3.63) is 54.4 Å². The highest BCUT2D eigenvalue weighted by molar-refractivity contribution is 9.11. The van der Waals surface area contributed by atoms with E-state index in [9.17, 15) is 4.39 Å². The van der Waals surface area contributed by atoms with Crippen molar-refractivity contribution >= 4 is 50.5 Å². The van der Waals surface area contributed by atoms with Gasteiger partial charge in [0.2, 0.25) is 0 Å². The summed E-state index contributed by atoms with van der Waals surface area (Å²) in [4.78, 5) is 0.864. The van der Waals surface area contributed by atoms with E-state index in [2.05, 4.69) is 15.9 Å². The molecule has 0 fully saturated rings. The number of hydrogen-bond donors (Lipinski definition) is 1. The summed E-state index contributed by atoms with van der Waals surface area (Å²) in [7, 11) is 0. The summed E-state index contributed by atoms with van der Waals surface area (Å²) >= 11 is 16.3. The zero-order chi connectivity index (χ0) is 12.6. The summed E-state index contributed by atoms with van der Waals surface area (Å²) < 4.78 is 14.1. The lowest BCUT2D eigenvalue weighted by atomic mass is 10.1. The highest BCUT2D eigenvalue weighted by atomic mass is 79.9. The van der Waals surface area contributed by atoms with Gasteiger partial charge in [0.25, 0.3) is 0 Å². The van der Waals surface area contributed by atoms with E-state index in [1.807, 2.05) is 0 Å². The fourth-order valence-electron chi connectivity index (χ4n) is 1.39. The summed E-state index contributed by atoms with van der Waals surface area (Å²) in [6.45, 7) is 0. The van der Waals surface area contributed by atoms with Crippen molar-refractivity contribution in [2.24, 2.45) is 5.73 Å². The van der Waals surface area contributed by atoms with E-state index in [0.717, 1.165) is 8.66 Å². The SMILES string of the molecule is NC(c1ccc(Cl)c(F)c1)c1cc(Cl)c(Br)s1. The molecule has 1 aromatic carbocycles. The molecule has 0 saturated carbocycles. The first-order valence-electron chi connectivity index (χ1n) is 4.64. The molecule has 17 heavy (non-hydrogen) atoms. The van der Waals surface area contributed by atoms with Crippen LogP contribution in [-0.2, 0) is 0 Å². The molecule has 2 N–H and O–H groups in total. The average molecular weight is 355 g/mol. The molecule has 0 radical (unpaired) electrons. The molecule has 0 amide bonds. The first-order valence-corrected chi connectivity index (χ1v) is 7.01. The summed E-state index contributed by atoms with van der Waals surface area (Å²) in [6.07, 6.45) is 0. The molecule has 6 heteroatoms. The quantitative estimate of drug-likeness (QED) is 0.806. The smallest absolute Gasteiger partial charge is 0.142 e. The van der Waals surface area contributed by atoms with Gasteiger partial charge in [0.05, 0.1) is 19.9 Å². The van der Waals surface area contributed by atoms with Crippen molar-refractivity contribution in [2.75, 3.05) is 0 Å². The minimum absolute atomic E-state index is 0.0892. The molecule has 0 spiro atoms. The van der Waals surface area contributed by atoms with Gasteiger partial charge < -0.3 is 5.73 Å². The molecule has 1 nitrogen and oxygen atoms in total. The first kappa shape index (κ1) is 13.3. The normalized spacial score (nSPS) is 12.8. The Bertz CT molecular complexity index is 539. The number of benzene rings is 1. The molecular formula is C11H7BrCl2FNS. The van der Waals surface area contributed by atoms with Gasteiger partial charge in [-0.3, -0.25) is 0 Å². The van der Waals surface area contributed by atoms with Gasteiger partial charge in [-0.25, -0.2) is 4.39 Å². The molecule has 0 aliphatic rings. The molecule has 0 saturated heterocycles. The summed E-state index contributed by atoms with van der Waals surface area (Å²) in [5.74, 6) is -0.471. The summed E-state index contributed by atoms with van der Waals surface area (Å²) in [6, 6.07) is 5.91. The van der Waals surface area contributed by atoms with E-state index in [1.165, 1.54) is 23.5 Å². The van der Waals surface area contributed by atoms with E-state index < -0.39 is 11.9 Å². The average Bonchev–Trinajstić information content (AvgIpc) is 2.62. The van der Waals surface area contributed by atoms with E-state index in [-0.39, 0.29) is 5.02 Å². The number of thiophene rings is 1. The highest BCUT2D eigenvalue weighted by Crippen LogP contribution is 2.36. The predicted molar refractivity (Wildman–Crippen MR) is 74.5 cm³/mol.